The first kappa shape index (κ1) is 20.2. The third-order valence-electron chi connectivity index (χ3n) is 8.16. The summed E-state index contributed by atoms with van der Waals surface area (Å²) in [6, 6.07) is 0.134. The maximum atomic E-state index is 13.1. The molecule has 4 fully saturated rings. The predicted molar refractivity (Wildman–Crippen MR) is 115 cm³/mol. The Morgan fingerprint density at radius 1 is 1.30 bits per heavy atom. The van der Waals surface area contributed by atoms with E-state index in [0.717, 1.165) is 32.1 Å². The maximum absolute atomic E-state index is 13.1. The minimum Gasteiger partial charge on any atom is -0.389 e. The molecule has 7 nitrogen and oxygen atoms in total. The predicted octanol–water partition coefficient (Wildman–Crippen LogP) is 2.70. The van der Waals surface area contributed by atoms with Crippen LogP contribution in [0.3, 0.4) is 0 Å². The molecule has 5 rings (SSSR count). The van der Waals surface area contributed by atoms with Gasteiger partial charge in [0.2, 0.25) is 5.91 Å². The van der Waals surface area contributed by atoms with Crippen molar-refractivity contribution in [3.63, 3.8) is 0 Å². The Kier molecular flexibility index (Phi) is 4.33. The molecule has 4 aliphatic carbocycles. The van der Waals surface area contributed by atoms with Gasteiger partial charge in [-0.2, -0.15) is 5.10 Å². The lowest BCUT2D eigenvalue weighted by Gasteiger charge is -2.55. The first-order chi connectivity index (χ1) is 14.0. The van der Waals surface area contributed by atoms with Crippen LogP contribution in [0.25, 0.3) is 6.20 Å². The second kappa shape index (κ2) is 6.42. The molecule has 6 atom stereocenters. The highest BCUT2D eigenvalue weighted by Gasteiger charge is 2.76. The van der Waals surface area contributed by atoms with Crippen LogP contribution in [0.4, 0.5) is 0 Å². The topological polar surface area (TPSA) is 96.2 Å². The molecule has 30 heavy (non-hydrogen) atoms. The largest absolute Gasteiger partial charge is 0.389 e. The number of hydrogen-bond acceptors (Lipinski definition) is 4. The van der Waals surface area contributed by atoms with Crippen molar-refractivity contribution in [2.45, 2.75) is 70.1 Å². The van der Waals surface area contributed by atoms with Gasteiger partial charge in [-0.1, -0.05) is 0 Å². The van der Waals surface area contributed by atoms with E-state index in [2.05, 4.69) is 31.7 Å². The molecule has 1 spiro atoms. The number of rotatable bonds is 5. The molecule has 4 saturated carbocycles. The summed E-state index contributed by atoms with van der Waals surface area (Å²) in [5.41, 5.74) is -0.359. The number of halogens is 1. The molecule has 1 aromatic heterocycles. The van der Waals surface area contributed by atoms with Gasteiger partial charge in [0.25, 0.3) is 5.91 Å². The van der Waals surface area contributed by atoms with Crippen LogP contribution in [0, 0.1) is 23.2 Å². The molecule has 0 radical (unpaired) electrons. The lowest BCUT2D eigenvalue weighted by atomic mass is 9.53. The lowest BCUT2D eigenvalue weighted by Crippen LogP contribution is -2.57. The average Bonchev–Trinajstić information content (AvgIpc) is 3.18. The number of hydrogen-bond donors (Lipinski definition) is 3. The monoisotopic (exact) mass is 476 g/mol. The number of carbonyl (C=O) groups is 2. The second-order valence-electron chi connectivity index (χ2n) is 10.5. The van der Waals surface area contributed by atoms with Gasteiger partial charge in [0.1, 0.15) is 4.60 Å². The third kappa shape index (κ3) is 2.83. The Morgan fingerprint density at radius 2 is 2.03 bits per heavy atom. The summed E-state index contributed by atoms with van der Waals surface area (Å²) in [5.74, 6) is 1.26. The average molecular weight is 477 g/mol. The molecule has 2 amide bonds. The van der Waals surface area contributed by atoms with Crippen molar-refractivity contribution >= 4 is 33.9 Å². The maximum Gasteiger partial charge on any atom is 0.255 e. The molecule has 1 heterocycles. The van der Waals surface area contributed by atoms with Gasteiger partial charge in [-0.3, -0.25) is 9.59 Å². The summed E-state index contributed by atoms with van der Waals surface area (Å²) >= 11 is 3.50. The van der Waals surface area contributed by atoms with E-state index in [9.17, 15) is 14.7 Å². The first-order valence-corrected chi connectivity index (χ1v) is 11.6. The second-order valence-corrected chi connectivity index (χ2v) is 11.2. The number of aromatic nitrogens is 2. The van der Waals surface area contributed by atoms with Gasteiger partial charge in [0, 0.05) is 24.6 Å². The molecule has 162 valence electrons. The number of carbonyl (C=O) groups excluding carboxylic acids is 2. The molecular weight excluding hydrogens is 448 g/mol. The summed E-state index contributed by atoms with van der Waals surface area (Å²) < 4.78 is 2.17. The first-order valence-electron chi connectivity index (χ1n) is 10.8. The van der Waals surface area contributed by atoms with Gasteiger partial charge < -0.3 is 15.7 Å². The highest BCUT2D eigenvalue weighted by molar-refractivity contribution is 9.10. The van der Waals surface area contributed by atoms with E-state index in [1.807, 2.05) is 19.9 Å². The number of fused-ring (bicyclic) bond motifs is 2. The van der Waals surface area contributed by atoms with E-state index in [-0.39, 0.29) is 23.3 Å². The molecule has 3 bridgehead atoms. The summed E-state index contributed by atoms with van der Waals surface area (Å²) in [5, 5.41) is 21.5. The lowest BCUT2D eigenvalue weighted by molar-refractivity contribution is -0.176. The van der Waals surface area contributed by atoms with Crippen molar-refractivity contribution in [2.75, 3.05) is 0 Å². The zero-order chi connectivity index (χ0) is 21.5. The van der Waals surface area contributed by atoms with Crippen LogP contribution in [-0.4, -0.2) is 43.9 Å². The third-order valence-corrected chi connectivity index (χ3v) is 8.95. The zero-order valence-corrected chi connectivity index (χ0v) is 19.2. The minimum absolute atomic E-state index is 0.109. The fourth-order valence-corrected chi connectivity index (χ4v) is 7.56. The van der Waals surface area contributed by atoms with Gasteiger partial charge in [-0.25, -0.2) is 4.68 Å². The fraction of sp³-hybridized carbons (Fsp3) is 0.682. The smallest absolute Gasteiger partial charge is 0.255 e. The van der Waals surface area contributed by atoms with E-state index < -0.39 is 11.1 Å². The van der Waals surface area contributed by atoms with Gasteiger partial charge in [0.05, 0.1) is 22.9 Å². The van der Waals surface area contributed by atoms with Gasteiger partial charge in [-0.15, -0.1) is 0 Å². The zero-order valence-electron chi connectivity index (χ0n) is 17.6. The van der Waals surface area contributed by atoms with Crippen molar-refractivity contribution in [3.8, 4) is 0 Å². The normalized spacial score (nSPS) is 38.6. The van der Waals surface area contributed by atoms with Crippen molar-refractivity contribution in [1.82, 2.24) is 20.4 Å². The number of nitrogens with zero attached hydrogens (tertiary/aromatic N) is 2. The fourth-order valence-electron chi connectivity index (χ4n) is 7.07. The number of nitrogens with one attached hydrogen (secondary N) is 2. The van der Waals surface area contributed by atoms with E-state index in [1.165, 1.54) is 6.92 Å². The van der Waals surface area contributed by atoms with Crippen LogP contribution in [-0.2, 0) is 4.79 Å². The Morgan fingerprint density at radius 3 is 2.77 bits per heavy atom. The Labute approximate surface area is 184 Å². The highest BCUT2D eigenvalue weighted by Crippen LogP contribution is 2.77. The summed E-state index contributed by atoms with van der Waals surface area (Å²) in [6.07, 6.45) is 10.2. The van der Waals surface area contributed by atoms with Gasteiger partial charge >= 0.3 is 0 Å². The molecule has 6 unspecified atom stereocenters. The van der Waals surface area contributed by atoms with E-state index in [1.54, 1.807) is 17.1 Å². The molecular formula is C22H29BrN4O3. The molecule has 3 N–H and O–H groups in total. The minimum atomic E-state index is -0.527. The quantitative estimate of drug-likeness (QED) is 0.608. The standard InChI is InChI=1S/C22H29BrN4O3/c1-12(28)26-20(2,3)4-5-27-18(23)16(11-24-27)19(29)25-17-13-6-15-10-22(30)9-14(17)8-21(15,22)7-13/h4-5,11,13-15,17,30H,6-10H2,1-3H3,(H,25,29)(H,26,28)/b5-4+. The Bertz CT molecular complexity index is 952. The Hall–Kier alpha value is -1.67. The molecule has 8 heteroatoms. The van der Waals surface area contributed by atoms with Crippen LogP contribution in [0.15, 0.2) is 16.9 Å². The van der Waals surface area contributed by atoms with Crippen LogP contribution in [0.1, 0.15) is 63.2 Å². The molecule has 0 saturated heterocycles. The molecule has 4 aliphatic rings. The van der Waals surface area contributed by atoms with Crippen molar-refractivity contribution in [2.24, 2.45) is 23.2 Å². The van der Waals surface area contributed by atoms with Gasteiger partial charge in [-0.05, 0) is 85.7 Å². The van der Waals surface area contributed by atoms with Crippen LogP contribution in [0.5, 0.6) is 0 Å². The van der Waals surface area contributed by atoms with Crippen LogP contribution >= 0.6 is 15.9 Å². The van der Waals surface area contributed by atoms with Crippen molar-refractivity contribution in [1.29, 1.82) is 0 Å². The highest BCUT2D eigenvalue weighted by atomic mass is 79.9. The molecule has 1 aromatic rings. The van der Waals surface area contributed by atoms with Crippen LogP contribution < -0.4 is 10.6 Å². The van der Waals surface area contributed by atoms with Crippen molar-refractivity contribution in [3.05, 3.63) is 22.4 Å². The summed E-state index contributed by atoms with van der Waals surface area (Å²) in [4.78, 5) is 24.4. The number of aliphatic hydroxyl groups is 1. The number of amides is 2. The Balaban J connectivity index is 1.30. The molecule has 0 aliphatic heterocycles. The van der Waals surface area contributed by atoms with Crippen molar-refractivity contribution < 1.29 is 14.7 Å². The van der Waals surface area contributed by atoms with E-state index in [4.69, 9.17) is 0 Å². The van der Waals surface area contributed by atoms with Crippen LogP contribution in [0.2, 0.25) is 0 Å². The SMILES string of the molecule is CC(=O)NC(C)(C)/C=C/n1ncc(C(=O)NC2C3CC4CC5(O)CC2CC45C3)c1Br. The summed E-state index contributed by atoms with van der Waals surface area (Å²) in [7, 11) is 0. The van der Waals surface area contributed by atoms with E-state index >= 15 is 0 Å². The summed E-state index contributed by atoms with van der Waals surface area (Å²) in [6.45, 7) is 5.26. The van der Waals surface area contributed by atoms with Gasteiger partial charge in [0.15, 0.2) is 0 Å². The molecule has 0 aromatic carbocycles. The van der Waals surface area contributed by atoms with E-state index in [0.29, 0.717) is 27.9 Å².